The standard InChI is InChI=1S/C20H17N3O5S/c1-27-19(26)13-4-5-15-12(9-13)6-7-23(15)17(24)10-14-11-29-20(21-14)22-18(25)16-3-2-8-28-16/h2-5,8-9,11H,6-7,10H2,1H3,(H,21,22,25). The Balaban J connectivity index is 1.42. The van der Waals surface area contributed by atoms with Crippen LogP contribution >= 0.6 is 11.3 Å². The van der Waals surface area contributed by atoms with Crippen LogP contribution in [0.2, 0.25) is 0 Å². The molecule has 0 saturated heterocycles. The van der Waals surface area contributed by atoms with Crippen molar-refractivity contribution in [1.29, 1.82) is 0 Å². The zero-order valence-corrected chi connectivity index (χ0v) is 16.3. The number of carbonyl (C=O) groups excluding carboxylic acids is 3. The van der Waals surface area contributed by atoms with Crippen molar-refractivity contribution in [1.82, 2.24) is 4.98 Å². The van der Waals surface area contributed by atoms with E-state index >= 15 is 0 Å². The Morgan fingerprint density at radius 3 is 2.93 bits per heavy atom. The molecule has 0 radical (unpaired) electrons. The highest BCUT2D eigenvalue weighted by Crippen LogP contribution is 2.30. The van der Waals surface area contributed by atoms with Crippen LogP contribution in [0.1, 0.15) is 32.2 Å². The van der Waals surface area contributed by atoms with E-state index in [0.717, 1.165) is 11.3 Å². The molecule has 2 amide bonds. The predicted molar refractivity (Wildman–Crippen MR) is 106 cm³/mol. The number of carbonyl (C=O) groups is 3. The number of fused-ring (bicyclic) bond motifs is 1. The van der Waals surface area contributed by atoms with Crippen molar-refractivity contribution in [2.75, 3.05) is 23.9 Å². The third kappa shape index (κ3) is 3.90. The molecule has 0 bridgehead atoms. The molecule has 1 aliphatic heterocycles. The lowest BCUT2D eigenvalue weighted by Crippen LogP contribution is -2.30. The number of esters is 1. The van der Waals surface area contributed by atoms with E-state index in [4.69, 9.17) is 9.15 Å². The zero-order valence-electron chi connectivity index (χ0n) is 15.5. The first-order chi connectivity index (χ1) is 14.0. The molecule has 0 saturated carbocycles. The van der Waals surface area contributed by atoms with E-state index in [0.29, 0.717) is 29.4 Å². The summed E-state index contributed by atoms with van der Waals surface area (Å²) in [5.74, 6) is -0.692. The number of furan rings is 1. The predicted octanol–water partition coefficient (Wildman–Crippen LogP) is 2.91. The summed E-state index contributed by atoms with van der Waals surface area (Å²) in [7, 11) is 1.34. The second kappa shape index (κ2) is 7.88. The van der Waals surface area contributed by atoms with Crippen LogP contribution in [0.25, 0.3) is 0 Å². The number of benzene rings is 1. The molecule has 0 aliphatic carbocycles. The third-order valence-electron chi connectivity index (χ3n) is 4.55. The van der Waals surface area contributed by atoms with Gasteiger partial charge in [-0.1, -0.05) is 0 Å². The minimum Gasteiger partial charge on any atom is -0.465 e. The normalized spacial score (nSPS) is 12.5. The molecule has 3 aromatic rings. The molecule has 0 atom stereocenters. The van der Waals surface area contributed by atoms with Crippen LogP contribution in [-0.2, 0) is 22.4 Å². The van der Waals surface area contributed by atoms with Crippen molar-refractivity contribution >= 4 is 39.9 Å². The second-order valence-electron chi connectivity index (χ2n) is 6.38. The van der Waals surface area contributed by atoms with Crippen molar-refractivity contribution < 1.29 is 23.5 Å². The van der Waals surface area contributed by atoms with Crippen LogP contribution in [0.4, 0.5) is 10.8 Å². The summed E-state index contributed by atoms with van der Waals surface area (Å²) in [6, 6.07) is 8.37. The van der Waals surface area contributed by atoms with Gasteiger partial charge in [0.15, 0.2) is 10.9 Å². The fraction of sp³-hybridized carbons (Fsp3) is 0.200. The second-order valence-corrected chi connectivity index (χ2v) is 7.24. The van der Waals surface area contributed by atoms with Crippen molar-refractivity contribution in [3.63, 3.8) is 0 Å². The Morgan fingerprint density at radius 2 is 2.17 bits per heavy atom. The molecule has 1 aliphatic rings. The minimum absolute atomic E-state index is 0.0937. The summed E-state index contributed by atoms with van der Waals surface area (Å²) in [5.41, 5.74) is 2.78. The van der Waals surface area contributed by atoms with Gasteiger partial charge in [0, 0.05) is 17.6 Å². The number of nitrogens with zero attached hydrogens (tertiary/aromatic N) is 2. The van der Waals surface area contributed by atoms with E-state index < -0.39 is 11.9 Å². The molecule has 2 aromatic heterocycles. The maximum Gasteiger partial charge on any atom is 0.337 e. The highest BCUT2D eigenvalue weighted by atomic mass is 32.1. The number of aromatic nitrogens is 1. The molecule has 0 fully saturated rings. The van der Waals surface area contributed by atoms with Crippen LogP contribution in [-0.4, -0.2) is 36.4 Å². The van der Waals surface area contributed by atoms with Gasteiger partial charge in [-0.2, -0.15) is 0 Å². The first-order valence-electron chi connectivity index (χ1n) is 8.86. The average molecular weight is 411 g/mol. The molecule has 8 nitrogen and oxygen atoms in total. The quantitative estimate of drug-likeness (QED) is 0.648. The summed E-state index contributed by atoms with van der Waals surface area (Å²) < 4.78 is 9.79. The van der Waals surface area contributed by atoms with Gasteiger partial charge >= 0.3 is 5.97 Å². The number of methoxy groups -OCH3 is 1. The summed E-state index contributed by atoms with van der Waals surface area (Å²) >= 11 is 1.25. The SMILES string of the molecule is COC(=O)c1ccc2c(c1)CCN2C(=O)Cc1csc(NC(=O)c2ccco2)n1. The van der Waals surface area contributed by atoms with E-state index in [-0.39, 0.29) is 18.1 Å². The maximum atomic E-state index is 12.8. The highest BCUT2D eigenvalue weighted by Gasteiger charge is 2.26. The van der Waals surface area contributed by atoms with E-state index in [1.54, 1.807) is 40.6 Å². The molecule has 4 rings (SSSR count). The van der Waals surface area contributed by atoms with Crippen LogP contribution in [0.3, 0.4) is 0 Å². The van der Waals surface area contributed by atoms with Crippen molar-refractivity contribution in [2.24, 2.45) is 0 Å². The van der Waals surface area contributed by atoms with Gasteiger partial charge in [0.1, 0.15) is 0 Å². The Labute approximate surface area is 170 Å². The van der Waals surface area contributed by atoms with Gasteiger partial charge in [0.25, 0.3) is 5.91 Å². The number of hydrogen-bond donors (Lipinski definition) is 1. The average Bonchev–Trinajstić information content (AvgIpc) is 3.47. The number of rotatable bonds is 5. The smallest absolute Gasteiger partial charge is 0.337 e. The van der Waals surface area contributed by atoms with Gasteiger partial charge in [-0.3, -0.25) is 14.9 Å². The number of ether oxygens (including phenoxy) is 1. The van der Waals surface area contributed by atoms with Crippen LogP contribution in [0, 0.1) is 0 Å². The number of hydrogen-bond acceptors (Lipinski definition) is 7. The number of amides is 2. The van der Waals surface area contributed by atoms with Crippen molar-refractivity contribution in [3.8, 4) is 0 Å². The molecular weight excluding hydrogens is 394 g/mol. The lowest BCUT2D eigenvalue weighted by Gasteiger charge is -2.17. The monoisotopic (exact) mass is 411 g/mol. The molecular formula is C20H17N3O5S. The lowest BCUT2D eigenvalue weighted by molar-refractivity contribution is -0.117. The fourth-order valence-electron chi connectivity index (χ4n) is 3.17. The minimum atomic E-state index is -0.399. The number of nitrogens with one attached hydrogen (secondary N) is 1. The first-order valence-corrected chi connectivity index (χ1v) is 9.74. The molecule has 1 aromatic carbocycles. The Morgan fingerprint density at radius 1 is 1.31 bits per heavy atom. The molecule has 0 unspecified atom stereocenters. The van der Waals surface area contributed by atoms with Gasteiger partial charge < -0.3 is 14.1 Å². The topological polar surface area (TPSA) is 102 Å². The van der Waals surface area contributed by atoms with Gasteiger partial charge in [-0.05, 0) is 42.3 Å². The van der Waals surface area contributed by atoms with Gasteiger partial charge in [-0.25, -0.2) is 9.78 Å². The molecule has 9 heteroatoms. The van der Waals surface area contributed by atoms with Gasteiger partial charge in [-0.15, -0.1) is 11.3 Å². The Kier molecular flexibility index (Phi) is 5.13. The van der Waals surface area contributed by atoms with Crippen LogP contribution in [0.5, 0.6) is 0 Å². The van der Waals surface area contributed by atoms with Gasteiger partial charge in [0.05, 0.1) is 31.1 Å². The van der Waals surface area contributed by atoms with Crippen LogP contribution in [0.15, 0.2) is 46.4 Å². The Bertz CT molecular complexity index is 1070. The van der Waals surface area contributed by atoms with E-state index in [9.17, 15) is 14.4 Å². The van der Waals surface area contributed by atoms with E-state index in [1.807, 2.05) is 0 Å². The lowest BCUT2D eigenvalue weighted by atomic mass is 10.1. The first kappa shape index (κ1) is 18.9. The van der Waals surface area contributed by atoms with Gasteiger partial charge in [0.2, 0.25) is 5.91 Å². The van der Waals surface area contributed by atoms with E-state index in [1.165, 1.54) is 24.7 Å². The summed E-state index contributed by atoms with van der Waals surface area (Å²) in [6.45, 7) is 0.547. The number of thiazole rings is 1. The summed E-state index contributed by atoms with van der Waals surface area (Å²) in [5, 5.41) is 4.80. The number of anilines is 2. The summed E-state index contributed by atoms with van der Waals surface area (Å²) in [4.78, 5) is 42.5. The largest absolute Gasteiger partial charge is 0.465 e. The molecule has 1 N–H and O–H groups in total. The maximum absolute atomic E-state index is 12.8. The van der Waals surface area contributed by atoms with Crippen LogP contribution < -0.4 is 10.2 Å². The third-order valence-corrected chi connectivity index (χ3v) is 5.35. The molecule has 0 spiro atoms. The Hall–Kier alpha value is -3.46. The molecule has 148 valence electrons. The van der Waals surface area contributed by atoms with E-state index in [2.05, 4.69) is 10.3 Å². The van der Waals surface area contributed by atoms with Crippen molar-refractivity contribution in [3.05, 3.63) is 64.6 Å². The highest BCUT2D eigenvalue weighted by molar-refractivity contribution is 7.14. The zero-order chi connectivity index (χ0) is 20.4. The molecule has 3 heterocycles. The summed E-state index contributed by atoms with van der Waals surface area (Å²) in [6.07, 6.45) is 2.21. The van der Waals surface area contributed by atoms with Crippen molar-refractivity contribution in [2.45, 2.75) is 12.8 Å². The fourth-order valence-corrected chi connectivity index (χ4v) is 3.87. The molecule has 29 heavy (non-hydrogen) atoms.